The Morgan fingerprint density at radius 1 is 1.22 bits per heavy atom. The van der Waals surface area contributed by atoms with E-state index in [1.165, 1.54) is 6.26 Å². The molecule has 1 heterocycles. The number of hydrogen-bond donors (Lipinski definition) is 1. The molecule has 1 amide bonds. The first kappa shape index (κ1) is 15.2. The van der Waals surface area contributed by atoms with Crippen LogP contribution in [0.1, 0.15) is 5.56 Å². The third-order valence-corrected chi connectivity index (χ3v) is 3.55. The monoisotopic (exact) mass is 327 g/mol. The molecular weight excluding hydrogens is 314 g/mol. The second-order valence-corrected chi connectivity index (χ2v) is 5.32. The van der Waals surface area contributed by atoms with Crippen molar-refractivity contribution in [2.45, 2.75) is 0 Å². The van der Waals surface area contributed by atoms with E-state index < -0.39 is 0 Å². The van der Waals surface area contributed by atoms with Crippen LogP contribution in [0.15, 0.2) is 60.4 Å². The molecule has 0 saturated carbocycles. The molecule has 1 aliphatic heterocycles. The average Bonchev–Trinajstić information content (AvgIpc) is 2.77. The molecule has 0 unspecified atom stereocenters. The van der Waals surface area contributed by atoms with Gasteiger partial charge in [-0.2, -0.15) is 0 Å². The zero-order valence-corrected chi connectivity index (χ0v) is 13.1. The van der Waals surface area contributed by atoms with Crippen molar-refractivity contribution < 1.29 is 14.3 Å². The van der Waals surface area contributed by atoms with Crippen molar-refractivity contribution in [3.63, 3.8) is 0 Å². The van der Waals surface area contributed by atoms with Crippen LogP contribution in [0.5, 0.6) is 11.5 Å². The molecule has 0 aliphatic carbocycles. The number of rotatable bonds is 3. The minimum atomic E-state index is -0.245. The summed E-state index contributed by atoms with van der Waals surface area (Å²) in [5, 5.41) is 3.41. The Morgan fingerprint density at radius 2 is 2.09 bits per heavy atom. The van der Waals surface area contributed by atoms with E-state index in [0.717, 1.165) is 5.56 Å². The molecule has 23 heavy (non-hydrogen) atoms. The molecule has 4 nitrogen and oxygen atoms in total. The Hall–Kier alpha value is -2.72. The Labute approximate surface area is 139 Å². The molecule has 0 radical (unpaired) electrons. The summed E-state index contributed by atoms with van der Waals surface area (Å²) in [6, 6.07) is 12.4. The SMILES string of the molecule is COc1cccc(NC(=O)C2=Cc3cc(Cl)ccc3OC=C2)c1. The van der Waals surface area contributed by atoms with Crippen molar-refractivity contribution in [3.8, 4) is 11.5 Å². The lowest BCUT2D eigenvalue weighted by Gasteiger charge is -2.07. The Morgan fingerprint density at radius 3 is 2.91 bits per heavy atom. The van der Waals surface area contributed by atoms with Crippen LogP contribution in [0.25, 0.3) is 6.08 Å². The molecule has 2 aromatic carbocycles. The standard InChI is InChI=1S/C18H14ClNO3/c1-22-16-4-2-3-15(11-16)20-18(21)12-7-8-23-17-6-5-14(19)10-13(17)9-12/h2-11H,1H3,(H,20,21). The fourth-order valence-electron chi connectivity index (χ4n) is 2.18. The van der Waals surface area contributed by atoms with Gasteiger partial charge in [0.05, 0.1) is 13.4 Å². The lowest BCUT2D eigenvalue weighted by atomic mass is 10.1. The Kier molecular flexibility index (Phi) is 4.35. The number of amides is 1. The van der Waals surface area contributed by atoms with Crippen molar-refractivity contribution in [1.29, 1.82) is 0 Å². The van der Waals surface area contributed by atoms with E-state index in [0.29, 0.717) is 27.8 Å². The summed E-state index contributed by atoms with van der Waals surface area (Å²) in [4.78, 5) is 12.5. The van der Waals surface area contributed by atoms with E-state index in [1.807, 2.05) is 12.1 Å². The maximum atomic E-state index is 12.5. The van der Waals surface area contributed by atoms with Gasteiger partial charge in [-0.05, 0) is 42.5 Å². The zero-order chi connectivity index (χ0) is 16.2. The molecule has 0 spiro atoms. The van der Waals surface area contributed by atoms with Gasteiger partial charge in [0, 0.05) is 27.9 Å². The van der Waals surface area contributed by atoms with Gasteiger partial charge < -0.3 is 14.8 Å². The third kappa shape index (κ3) is 3.55. The highest BCUT2D eigenvalue weighted by Gasteiger charge is 2.13. The molecule has 0 saturated heterocycles. The number of fused-ring (bicyclic) bond motifs is 1. The van der Waals surface area contributed by atoms with Crippen molar-refractivity contribution in [2.75, 3.05) is 12.4 Å². The van der Waals surface area contributed by atoms with Crippen molar-refractivity contribution in [3.05, 3.63) is 71.0 Å². The minimum absolute atomic E-state index is 0.245. The van der Waals surface area contributed by atoms with Gasteiger partial charge in [-0.25, -0.2) is 0 Å². The van der Waals surface area contributed by atoms with Crippen molar-refractivity contribution >= 4 is 29.3 Å². The third-order valence-electron chi connectivity index (χ3n) is 3.32. The van der Waals surface area contributed by atoms with E-state index in [2.05, 4.69) is 5.32 Å². The number of anilines is 1. The Balaban J connectivity index is 1.86. The number of ether oxygens (including phenoxy) is 2. The summed E-state index contributed by atoms with van der Waals surface area (Å²) >= 11 is 6.00. The summed E-state index contributed by atoms with van der Waals surface area (Å²) in [6.45, 7) is 0. The van der Waals surface area contributed by atoms with Crippen LogP contribution in [0.3, 0.4) is 0 Å². The maximum Gasteiger partial charge on any atom is 0.255 e. The number of benzene rings is 2. The molecule has 0 aromatic heterocycles. The highest BCUT2D eigenvalue weighted by atomic mass is 35.5. The smallest absolute Gasteiger partial charge is 0.255 e. The molecule has 3 rings (SSSR count). The van der Waals surface area contributed by atoms with Crippen molar-refractivity contribution in [2.24, 2.45) is 0 Å². The van der Waals surface area contributed by atoms with Gasteiger partial charge in [0.2, 0.25) is 0 Å². The van der Waals surface area contributed by atoms with E-state index >= 15 is 0 Å². The molecule has 116 valence electrons. The van der Waals surface area contributed by atoms with E-state index in [1.54, 1.807) is 49.6 Å². The highest BCUT2D eigenvalue weighted by Crippen LogP contribution is 2.28. The van der Waals surface area contributed by atoms with Gasteiger partial charge in [-0.15, -0.1) is 0 Å². The first-order valence-corrected chi connectivity index (χ1v) is 7.33. The molecule has 0 bridgehead atoms. The molecule has 0 fully saturated rings. The van der Waals surface area contributed by atoms with Gasteiger partial charge in [0.25, 0.3) is 5.91 Å². The molecule has 5 heteroatoms. The summed E-state index contributed by atoms with van der Waals surface area (Å²) in [5.41, 5.74) is 1.87. The van der Waals surface area contributed by atoms with Gasteiger partial charge >= 0.3 is 0 Å². The highest BCUT2D eigenvalue weighted by molar-refractivity contribution is 6.30. The van der Waals surface area contributed by atoms with Gasteiger partial charge in [0.15, 0.2) is 0 Å². The molecule has 0 atom stereocenters. The summed E-state index contributed by atoms with van der Waals surface area (Å²) in [5.74, 6) is 1.08. The van der Waals surface area contributed by atoms with E-state index in [-0.39, 0.29) is 5.91 Å². The molecule has 2 aromatic rings. The first-order chi connectivity index (χ1) is 11.2. The minimum Gasteiger partial charge on any atom is -0.497 e. The number of methoxy groups -OCH3 is 1. The number of nitrogens with one attached hydrogen (secondary N) is 1. The van der Waals surface area contributed by atoms with Crippen LogP contribution >= 0.6 is 11.6 Å². The largest absolute Gasteiger partial charge is 0.497 e. The second-order valence-electron chi connectivity index (χ2n) is 4.89. The lowest BCUT2D eigenvalue weighted by molar-refractivity contribution is -0.112. The van der Waals surface area contributed by atoms with E-state index in [4.69, 9.17) is 21.1 Å². The van der Waals surface area contributed by atoms with Crippen LogP contribution in [0.4, 0.5) is 5.69 Å². The number of carbonyl (C=O) groups excluding carboxylic acids is 1. The van der Waals surface area contributed by atoms with Crippen LogP contribution in [-0.4, -0.2) is 13.0 Å². The van der Waals surface area contributed by atoms with Crippen LogP contribution in [0, 0.1) is 0 Å². The fourth-order valence-corrected chi connectivity index (χ4v) is 2.36. The normalized spacial score (nSPS) is 12.5. The van der Waals surface area contributed by atoms with E-state index in [9.17, 15) is 4.79 Å². The van der Waals surface area contributed by atoms with Gasteiger partial charge in [0.1, 0.15) is 11.5 Å². The number of halogens is 1. The lowest BCUT2D eigenvalue weighted by Crippen LogP contribution is -2.13. The second kappa shape index (κ2) is 6.58. The van der Waals surface area contributed by atoms with Crippen LogP contribution < -0.4 is 14.8 Å². The van der Waals surface area contributed by atoms with Gasteiger partial charge in [-0.1, -0.05) is 17.7 Å². The summed E-state index contributed by atoms with van der Waals surface area (Å²) < 4.78 is 10.6. The van der Waals surface area contributed by atoms with Crippen LogP contribution in [-0.2, 0) is 4.79 Å². The molecule has 1 aliphatic rings. The Bertz CT molecular complexity index is 812. The first-order valence-electron chi connectivity index (χ1n) is 6.95. The molecule has 1 N–H and O–H groups in total. The number of hydrogen-bond acceptors (Lipinski definition) is 3. The summed E-state index contributed by atoms with van der Waals surface area (Å²) in [7, 11) is 1.58. The van der Waals surface area contributed by atoms with Crippen LogP contribution in [0.2, 0.25) is 5.02 Å². The predicted molar refractivity (Wildman–Crippen MR) is 90.8 cm³/mol. The number of carbonyl (C=O) groups is 1. The predicted octanol–water partition coefficient (Wildman–Crippen LogP) is 4.28. The summed E-state index contributed by atoms with van der Waals surface area (Å²) in [6.07, 6.45) is 4.83. The quantitative estimate of drug-likeness (QED) is 0.915. The fraction of sp³-hybridized carbons (Fsp3) is 0.0556. The topological polar surface area (TPSA) is 47.6 Å². The molecular formula is C18H14ClNO3. The average molecular weight is 328 g/mol. The van der Waals surface area contributed by atoms with Gasteiger partial charge in [-0.3, -0.25) is 4.79 Å². The zero-order valence-electron chi connectivity index (χ0n) is 12.4. The van der Waals surface area contributed by atoms with Crippen molar-refractivity contribution in [1.82, 2.24) is 0 Å². The maximum absolute atomic E-state index is 12.5.